The lowest BCUT2D eigenvalue weighted by Crippen LogP contribution is -2.50. The highest BCUT2D eigenvalue weighted by Gasteiger charge is 2.31. The van der Waals surface area contributed by atoms with Crippen LogP contribution in [0.2, 0.25) is 0 Å². The minimum absolute atomic E-state index is 0.278. The molecule has 1 aliphatic heterocycles. The molecule has 1 fully saturated rings. The summed E-state index contributed by atoms with van der Waals surface area (Å²) in [6.07, 6.45) is 0. The SMILES string of the molecule is Cc1ccc(N)c(S(=O)(=O)N2CCN(C(C)C)CC2)c1C. The van der Waals surface area contributed by atoms with Crippen molar-refractivity contribution in [3.05, 3.63) is 23.3 Å². The van der Waals surface area contributed by atoms with E-state index in [9.17, 15) is 8.42 Å². The molecule has 1 heterocycles. The first-order valence-corrected chi connectivity index (χ1v) is 8.79. The number of piperazine rings is 1. The summed E-state index contributed by atoms with van der Waals surface area (Å²) in [6, 6.07) is 3.99. The zero-order chi connectivity index (χ0) is 15.8. The van der Waals surface area contributed by atoms with Crippen molar-refractivity contribution < 1.29 is 8.42 Å². The van der Waals surface area contributed by atoms with E-state index in [-0.39, 0.29) is 4.90 Å². The summed E-state index contributed by atoms with van der Waals surface area (Å²) >= 11 is 0. The Morgan fingerprint density at radius 3 is 2.19 bits per heavy atom. The van der Waals surface area contributed by atoms with E-state index in [2.05, 4.69) is 18.7 Å². The summed E-state index contributed by atoms with van der Waals surface area (Å²) in [5.74, 6) is 0. The van der Waals surface area contributed by atoms with Crippen molar-refractivity contribution in [1.82, 2.24) is 9.21 Å². The van der Waals surface area contributed by atoms with Crippen LogP contribution in [0.1, 0.15) is 25.0 Å². The second kappa shape index (κ2) is 5.94. The van der Waals surface area contributed by atoms with E-state index in [0.717, 1.165) is 24.2 Å². The van der Waals surface area contributed by atoms with Crippen molar-refractivity contribution in [2.75, 3.05) is 31.9 Å². The van der Waals surface area contributed by atoms with Gasteiger partial charge in [-0.2, -0.15) is 4.31 Å². The molecule has 0 aliphatic carbocycles. The Bertz CT molecular complexity index is 618. The zero-order valence-electron chi connectivity index (χ0n) is 13.3. The molecule has 6 heteroatoms. The van der Waals surface area contributed by atoms with Crippen molar-refractivity contribution >= 4 is 15.7 Å². The van der Waals surface area contributed by atoms with Crippen LogP contribution in [0, 0.1) is 13.8 Å². The first-order valence-electron chi connectivity index (χ1n) is 7.35. The van der Waals surface area contributed by atoms with E-state index in [0.29, 0.717) is 24.8 Å². The number of hydrogen-bond acceptors (Lipinski definition) is 4. The first-order chi connectivity index (χ1) is 9.75. The molecule has 2 rings (SSSR count). The van der Waals surface area contributed by atoms with Crippen LogP contribution in [0.3, 0.4) is 0 Å². The molecule has 1 aliphatic rings. The number of hydrogen-bond donors (Lipinski definition) is 1. The molecule has 0 unspecified atom stereocenters. The van der Waals surface area contributed by atoms with E-state index < -0.39 is 10.0 Å². The molecular formula is C15H25N3O2S. The van der Waals surface area contributed by atoms with Crippen molar-refractivity contribution in [3.63, 3.8) is 0 Å². The smallest absolute Gasteiger partial charge is 0.245 e. The normalized spacial score (nSPS) is 18.3. The standard InChI is InChI=1S/C15H25N3O2S/c1-11(2)17-7-9-18(10-8-17)21(19,20)15-13(4)12(3)5-6-14(15)16/h5-6,11H,7-10,16H2,1-4H3. The lowest BCUT2D eigenvalue weighted by Gasteiger charge is -2.36. The van der Waals surface area contributed by atoms with E-state index in [4.69, 9.17) is 5.73 Å². The van der Waals surface area contributed by atoms with Crippen LogP contribution in [0.5, 0.6) is 0 Å². The minimum atomic E-state index is -3.51. The largest absolute Gasteiger partial charge is 0.398 e. The molecule has 0 amide bonds. The summed E-state index contributed by atoms with van der Waals surface area (Å²) in [5.41, 5.74) is 7.98. The van der Waals surface area contributed by atoms with Crippen molar-refractivity contribution in [3.8, 4) is 0 Å². The molecule has 1 aromatic rings. The summed E-state index contributed by atoms with van der Waals surface area (Å²) in [5, 5.41) is 0. The third kappa shape index (κ3) is 3.07. The van der Waals surface area contributed by atoms with Crippen molar-refractivity contribution in [2.45, 2.75) is 38.6 Å². The minimum Gasteiger partial charge on any atom is -0.398 e. The summed E-state index contributed by atoms with van der Waals surface area (Å²) < 4.78 is 27.3. The zero-order valence-corrected chi connectivity index (χ0v) is 14.1. The van der Waals surface area contributed by atoms with E-state index in [1.165, 1.54) is 0 Å². The highest BCUT2D eigenvalue weighted by atomic mass is 32.2. The van der Waals surface area contributed by atoms with Gasteiger partial charge in [-0.25, -0.2) is 8.42 Å². The van der Waals surface area contributed by atoms with Gasteiger partial charge in [0.1, 0.15) is 4.90 Å². The first kappa shape index (κ1) is 16.3. The maximum absolute atomic E-state index is 12.9. The van der Waals surface area contributed by atoms with Crippen LogP contribution in [0.25, 0.3) is 0 Å². The fourth-order valence-electron chi connectivity index (χ4n) is 2.74. The molecule has 1 saturated heterocycles. The maximum Gasteiger partial charge on any atom is 0.245 e. The lowest BCUT2D eigenvalue weighted by atomic mass is 10.1. The molecule has 0 spiro atoms. The number of nitrogens with two attached hydrogens (primary N) is 1. The molecule has 0 saturated carbocycles. The predicted molar refractivity (Wildman–Crippen MR) is 85.8 cm³/mol. The van der Waals surface area contributed by atoms with Crippen LogP contribution in [0.15, 0.2) is 17.0 Å². The lowest BCUT2D eigenvalue weighted by molar-refractivity contribution is 0.154. The maximum atomic E-state index is 12.9. The van der Waals surface area contributed by atoms with Gasteiger partial charge in [-0.3, -0.25) is 4.90 Å². The number of nitrogens with zero attached hydrogens (tertiary/aromatic N) is 2. The van der Waals surface area contributed by atoms with Gasteiger partial charge in [0, 0.05) is 32.2 Å². The third-order valence-corrected chi connectivity index (χ3v) is 6.41. The highest BCUT2D eigenvalue weighted by Crippen LogP contribution is 2.28. The molecule has 5 nitrogen and oxygen atoms in total. The van der Waals surface area contributed by atoms with Gasteiger partial charge >= 0.3 is 0 Å². The average Bonchev–Trinajstić information content (AvgIpc) is 2.43. The Morgan fingerprint density at radius 1 is 1.10 bits per heavy atom. The van der Waals surface area contributed by atoms with Gasteiger partial charge in [0.2, 0.25) is 10.0 Å². The fourth-order valence-corrected chi connectivity index (χ4v) is 4.56. The third-order valence-electron chi connectivity index (χ3n) is 4.31. The number of rotatable bonds is 3. The number of anilines is 1. The number of sulfonamides is 1. The summed E-state index contributed by atoms with van der Waals surface area (Å²) in [6.45, 7) is 10.6. The Hall–Kier alpha value is -1.11. The van der Waals surface area contributed by atoms with Crippen molar-refractivity contribution in [1.29, 1.82) is 0 Å². The molecule has 21 heavy (non-hydrogen) atoms. The van der Waals surface area contributed by atoms with Gasteiger partial charge in [0.05, 0.1) is 5.69 Å². The Balaban J connectivity index is 2.30. The van der Waals surface area contributed by atoms with Gasteiger partial charge in [0.25, 0.3) is 0 Å². The molecule has 0 radical (unpaired) electrons. The van der Waals surface area contributed by atoms with E-state index in [1.807, 2.05) is 19.9 Å². The molecule has 2 N–H and O–H groups in total. The number of nitrogen functional groups attached to an aromatic ring is 1. The number of aryl methyl sites for hydroxylation is 1. The molecule has 118 valence electrons. The predicted octanol–water partition coefficient (Wildman–Crippen LogP) is 1.60. The quantitative estimate of drug-likeness (QED) is 0.861. The Kier molecular flexibility index (Phi) is 4.60. The number of benzene rings is 1. The average molecular weight is 311 g/mol. The molecule has 0 atom stereocenters. The second-order valence-electron chi connectivity index (χ2n) is 5.96. The van der Waals surface area contributed by atoms with Gasteiger partial charge in [-0.05, 0) is 44.9 Å². The van der Waals surface area contributed by atoms with Crippen molar-refractivity contribution in [2.24, 2.45) is 0 Å². The molecule has 1 aromatic carbocycles. The van der Waals surface area contributed by atoms with Gasteiger partial charge in [-0.1, -0.05) is 6.07 Å². The second-order valence-corrected chi connectivity index (χ2v) is 7.83. The van der Waals surface area contributed by atoms with Crippen LogP contribution < -0.4 is 5.73 Å². The monoisotopic (exact) mass is 311 g/mol. The highest BCUT2D eigenvalue weighted by molar-refractivity contribution is 7.89. The molecular weight excluding hydrogens is 286 g/mol. The fraction of sp³-hybridized carbons (Fsp3) is 0.600. The van der Waals surface area contributed by atoms with E-state index >= 15 is 0 Å². The Morgan fingerprint density at radius 2 is 1.67 bits per heavy atom. The van der Waals surface area contributed by atoms with Gasteiger partial charge < -0.3 is 5.73 Å². The molecule has 0 bridgehead atoms. The molecule has 0 aromatic heterocycles. The Labute approximate surface area is 127 Å². The van der Waals surface area contributed by atoms with Crippen LogP contribution in [0.4, 0.5) is 5.69 Å². The topological polar surface area (TPSA) is 66.6 Å². The summed E-state index contributed by atoms with van der Waals surface area (Å²) in [4.78, 5) is 2.57. The summed E-state index contributed by atoms with van der Waals surface area (Å²) in [7, 11) is -3.51. The van der Waals surface area contributed by atoms with Crippen LogP contribution in [-0.2, 0) is 10.0 Å². The van der Waals surface area contributed by atoms with Crippen LogP contribution in [-0.4, -0.2) is 49.8 Å². The van der Waals surface area contributed by atoms with E-state index in [1.54, 1.807) is 10.4 Å². The van der Waals surface area contributed by atoms with Crippen LogP contribution >= 0.6 is 0 Å². The van der Waals surface area contributed by atoms with Gasteiger partial charge in [0.15, 0.2) is 0 Å². The van der Waals surface area contributed by atoms with Gasteiger partial charge in [-0.15, -0.1) is 0 Å².